The minimum absolute atomic E-state index is 0.151. The molecule has 0 fully saturated rings. The summed E-state index contributed by atoms with van der Waals surface area (Å²) in [6, 6.07) is 1.78. The second kappa shape index (κ2) is 6.98. The van der Waals surface area contributed by atoms with Gasteiger partial charge in [0.15, 0.2) is 5.13 Å². The summed E-state index contributed by atoms with van der Waals surface area (Å²) in [6.45, 7) is 2.78. The monoisotopic (exact) mass is 361 g/mol. The quantitative estimate of drug-likeness (QED) is 0.622. The van der Waals surface area contributed by atoms with Gasteiger partial charge in [-0.15, -0.1) is 11.3 Å². The first-order valence-corrected chi connectivity index (χ1v) is 8.62. The van der Waals surface area contributed by atoms with Crippen molar-refractivity contribution in [2.75, 3.05) is 19.5 Å². The lowest BCUT2D eigenvalue weighted by molar-refractivity contribution is 0.0946. The van der Waals surface area contributed by atoms with Gasteiger partial charge in [-0.2, -0.15) is 0 Å². The highest BCUT2D eigenvalue weighted by Crippen LogP contribution is 2.30. The summed E-state index contributed by atoms with van der Waals surface area (Å²) in [4.78, 5) is 20.8. The average Bonchev–Trinajstić information content (AvgIpc) is 3.23. The summed E-state index contributed by atoms with van der Waals surface area (Å²) < 4.78 is 7.02. The number of amides is 1. The van der Waals surface area contributed by atoms with E-state index in [2.05, 4.69) is 20.6 Å². The molecule has 0 aliphatic carbocycles. The fourth-order valence-electron chi connectivity index (χ4n) is 2.50. The number of nitrogens with one attached hydrogen (secondary N) is 2. The summed E-state index contributed by atoms with van der Waals surface area (Å²) in [7, 11) is 3.27. The van der Waals surface area contributed by atoms with Crippen molar-refractivity contribution in [3.8, 4) is 11.8 Å². The van der Waals surface area contributed by atoms with Crippen LogP contribution >= 0.6 is 11.3 Å². The van der Waals surface area contributed by atoms with Crippen LogP contribution in [-0.2, 0) is 13.1 Å². The highest BCUT2D eigenvalue weighted by atomic mass is 32.1. The standard InChI is InChI=1S/C16H19N5O3S/c1-4-21-7-11-10(15(21)23)5-9(14(19-11)24-3)6-18-13(22)12-8-25-16(17-2)20-12/h5,7-8,23H,4,6H2,1-3H3,(H,17,20)(H,18,22). The lowest BCUT2D eigenvalue weighted by Crippen LogP contribution is -2.23. The largest absolute Gasteiger partial charge is 0.494 e. The fourth-order valence-corrected chi connectivity index (χ4v) is 3.15. The number of aromatic nitrogens is 3. The van der Waals surface area contributed by atoms with E-state index in [9.17, 15) is 9.90 Å². The van der Waals surface area contributed by atoms with Crippen LogP contribution in [0.1, 0.15) is 23.0 Å². The predicted octanol–water partition coefficient (Wildman–Crippen LogP) is 2.20. The van der Waals surface area contributed by atoms with Crippen LogP contribution in [0.3, 0.4) is 0 Å². The second-order valence-electron chi connectivity index (χ2n) is 5.30. The molecular weight excluding hydrogens is 342 g/mol. The summed E-state index contributed by atoms with van der Waals surface area (Å²) >= 11 is 1.36. The molecule has 3 aromatic rings. The molecule has 0 spiro atoms. The zero-order chi connectivity index (χ0) is 18.0. The van der Waals surface area contributed by atoms with Gasteiger partial charge in [0.1, 0.15) is 5.69 Å². The maximum absolute atomic E-state index is 12.2. The average molecular weight is 361 g/mol. The third-order valence-electron chi connectivity index (χ3n) is 3.81. The summed E-state index contributed by atoms with van der Waals surface area (Å²) in [5.74, 6) is 0.281. The Hall–Kier alpha value is -2.81. The maximum atomic E-state index is 12.2. The summed E-state index contributed by atoms with van der Waals surface area (Å²) in [5.41, 5.74) is 1.67. The van der Waals surface area contributed by atoms with Gasteiger partial charge in [0, 0.05) is 37.3 Å². The zero-order valence-corrected chi connectivity index (χ0v) is 15.0. The van der Waals surface area contributed by atoms with Gasteiger partial charge in [-0.05, 0) is 13.0 Å². The molecule has 0 aliphatic rings. The van der Waals surface area contributed by atoms with E-state index in [0.29, 0.717) is 39.7 Å². The van der Waals surface area contributed by atoms with Gasteiger partial charge >= 0.3 is 0 Å². The Kier molecular flexibility index (Phi) is 4.75. The molecule has 8 nitrogen and oxygen atoms in total. The van der Waals surface area contributed by atoms with Gasteiger partial charge in [0.2, 0.25) is 11.8 Å². The lowest BCUT2D eigenvalue weighted by Gasteiger charge is -2.09. The van der Waals surface area contributed by atoms with Crippen molar-refractivity contribution in [3.05, 3.63) is 28.9 Å². The van der Waals surface area contributed by atoms with Gasteiger partial charge in [-0.25, -0.2) is 9.97 Å². The second-order valence-corrected chi connectivity index (χ2v) is 6.16. The number of methoxy groups -OCH3 is 1. The third kappa shape index (κ3) is 3.22. The molecule has 0 saturated heterocycles. The molecule has 0 aliphatic heterocycles. The van der Waals surface area contributed by atoms with E-state index >= 15 is 0 Å². The number of aromatic hydroxyl groups is 1. The molecule has 3 N–H and O–H groups in total. The number of ether oxygens (including phenoxy) is 1. The minimum Gasteiger partial charge on any atom is -0.494 e. The van der Waals surface area contributed by atoms with Crippen molar-refractivity contribution in [1.29, 1.82) is 0 Å². The number of nitrogens with zero attached hydrogens (tertiary/aromatic N) is 3. The van der Waals surface area contributed by atoms with E-state index < -0.39 is 0 Å². The van der Waals surface area contributed by atoms with Crippen LogP contribution in [0.2, 0.25) is 0 Å². The number of fused-ring (bicyclic) bond motifs is 1. The Morgan fingerprint density at radius 3 is 2.88 bits per heavy atom. The summed E-state index contributed by atoms with van der Waals surface area (Å²) in [6.07, 6.45) is 1.77. The fraction of sp³-hybridized carbons (Fsp3) is 0.312. The molecule has 0 saturated carbocycles. The van der Waals surface area contributed by atoms with E-state index in [4.69, 9.17) is 4.74 Å². The molecule has 9 heteroatoms. The van der Waals surface area contributed by atoms with Crippen molar-refractivity contribution in [2.24, 2.45) is 0 Å². The molecule has 3 heterocycles. The zero-order valence-electron chi connectivity index (χ0n) is 14.2. The van der Waals surface area contributed by atoms with Gasteiger partial charge < -0.3 is 25.0 Å². The SMILES string of the molecule is CCn1cc2nc(OC)c(CNC(=O)c3csc(NC)n3)cc2c1O. The van der Waals surface area contributed by atoms with Crippen LogP contribution in [0.5, 0.6) is 11.8 Å². The van der Waals surface area contributed by atoms with Crippen LogP contribution in [-0.4, -0.2) is 39.7 Å². The normalized spacial score (nSPS) is 10.8. The first-order valence-electron chi connectivity index (χ1n) is 7.74. The van der Waals surface area contributed by atoms with E-state index in [0.717, 1.165) is 0 Å². The van der Waals surface area contributed by atoms with Crippen LogP contribution in [0.4, 0.5) is 5.13 Å². The topological polar surface area (TPSA) is 101 Å². The number of thiazole rings is 1. The number of aryl methyl sites for hydroxylation is 1. The Morgan fingerprint density at radius 2 is 2.24 bits per heavy atom. The number of rotatable bonds is 6. The van der Waals surface area contributed by atoms with E-state index in [1.165, 1.54) is 18.4 Å². The first kappa shape index (κ1) is 17.0. The molecule has 1 amide bonds. The summed E-state index contributed by atoms with van der Waals surface area (Å²) in [5, 5.41) is 18.9. The van der Waals surface area contributed by atoms with Crippen LogP contribution in [0.25, 0.3) is 10.9 Å². The minimum atomic E-state index is -0.282. The van der Waals surface area contributed by atoms with Crippen LogP contribution in [0.15, 0.2) is 17.6 Å². The molecule has 25 heavy (non-hydrogen) atoms. The van der Waals surface area contributed by atoms with Gasteiger partial charge in [0.25, 0.3) is 5.91 Å². The highest BCUT2D eigenvalue weighted by Gasteiger charge is 2.16. The molecule has 0 radical (unpaired) electrons. The molecule has 3 aromatic heterocycles. The maximum Gasteiger partial charge on any atom is 0.271 e. The van der Waals surface area contributed by atoms with Crippen molar-refractivity contribution < 1.29 is 14.6 Å². The third-order valence-corrected chi connectivity index (χ3v) is 4.67. The molecule has 0 unspecified atom stereocenters. The smallest absolute Gasteiger partial charge is 0.271 e. The molecule has 132 valence electrons. The molecular formula is C16H19N5O3S. The first-order chi connectivity index (χ1) is 12.1. The van der Waals surface area contributed by atoms with E-state index in [-0.39, 0.29) is 18.3 Å². The Balaban J connectivity index is 1.84. The number of anilines is 1. The van der Waals surface area contributed by atoms with Gasteiger partial charge in [0.05, 0.1) is 18.0 Å². The van der Waals surface area contributed by atoms with Crippen molar-refractivity contribution in [1.82, 2.24) is 19.9 Å². The number of pyridine rings is 1. The Bertz CT molecular complexity index is 918. The molecule has 0 aromatic carbocycles. The van der Waals surface area contributed by atoms with Crippen molar-refractivity contribution in [2.45, 2.75) is 20.0 Å². The van der Waals surface area contributed by atoms with Gasteiger partial charge in [-0.3, -0.25) is 4.79 Å². The molecule has 3 rings (SSSR count). The number of hydrogen-bond acceptors (Lipinski definition) is 7. The molecule has 0 bridgehead atoms. The number of carbonyl (C=O) groups is 1. The van der Waals surface area contributed by atoms with Gasteiger partial charge in [-0.1, -0.05) is 0 Å². The molecule has 0 atom stereocenters. The van der Waals surface area contributed by atoms with E-state index in [1.807, 2.05) is 6.92 Å². The number of hydrogen-bond donors (Lipinski definition) is 3. The highest BCUT2D eigenvalue weighted by molar-refractivity contribution is 7.13. The van der Waals surface area contributed by atoms with Crippen molar-refractivity contribution >= 4 is 33.3 Å². The van der Waals surface area contributed by atoms with E-state index in [1.54, 1.807) is 29.3 Å². The lowest BCUT2D eigenvalue weighted by atomic mass is 10.2. The predicted molar refractivity (Wildman–Crippen MR) is 96.5 cm³/mol. The van der Waals surface area contributed by atoms with Crippen molar-refractivity contribution in [3.63, 3.8) is 0 Å². The Morgan fingerprint density at radius 1 is 1.44 bits per heavy atom. The van der Waals surface area contributed by atoms with Crippen LogP contribution in [0, 0.1) is 0 Å². The van der Waals surface area contributed by atoms with Crippen LogP contribution < -0.4 is 15.4 Å². The number of carbonyl (C=O) groups excluding carboxylic acids is 1. The Labute approximate surface area is 148 Å².